The molecule has 0 aliphatic heterocycles. The van der Waals surface area contributed by atoms with Gasteiger partial charge >= 0.3 is 5.97 Å². The fourth-order valence-corrected chi connectivity index (χ4v) is 2.91. The van der Waals surface area contributed by atoms with Crippen molar-refractivity contribution in [1.82, 2.24) is 9.55 Å². The van der Waals surface area contributed by atoms with Crippen LogP contribution in [-0.2, 0) is 11.8 Å². The van der Waals surface area contributed by atoms with Crippen LogP contribution in [0.2, 0.25) is 0 Å². The van der Waals surface area contributed by atoms with Gasteiger partial charge in [0.25, 0.3) is 0 Å². The second-order valence-electron chi connectivity index (χ2n) is 4.90. The lowest BCUT2D eigenvalue weighted by atomic mass is 10.1. The Morgan fingerprint density at radius 1 is 1.42 bits per heavy atom. The first-order chi connectivity index (χ1) is 9.08. The minimum absolute atomic E-state index is 0.189. The third-order valence-electron chi connectivity index (χ3n) is 3.59. The Kier molecular flexibility index (Phi) is 3.08. The van der Waals surface area contributed by atoms with Gasteiger partial charge < -0.3 is 9.67 Å². The van der Waals surface area contributed by atoms with Crippen molar-refractivity contribution in [2.45, 2.75) is 12.3 Å². The molecule has 0 unspecified atom stereocenters. The van der Waals surface area contributed by atoms with Crippen molar-refractivity contribution in [3.63, 3.8) is 0 Å². The second kappa shape index (κ2) is 4.63. The Hall–Kier alpha value is -1.37. The Morgan fingerprint density at radius 3 is 2.58 bits per heavy atom. The number of halogens is 1. The third kappa shape index (κ3) is 2.27. The van der Waals surface area contributed by atoms with Crippen LogP contribution in [-0.4, -0.2) is 20.6 Å². The quantitative estimate of drug-likeness (QED) is 0.848. The topological polar surface area (TPSA) is 55.1 Å². The number of carboxylic acids is 1. The fraction of sp³-hybridized carbons (Fsp3) is 0.286. The van der Waals surface area contributed by atoms with Crippen LogP contribution in [0.15, 0.2) is 30.6 Å². The maximum Gasteiger partial charge on any atom is 0.307 e. The highest BCUT2D eigenvalue weighted by molar-refractivity contribution is 14.1. The minimum Gasteiger partial charge on any atom is -0.481 e. The minimum atomic E-state index is -0.687. The number of hydrogen-bond donors (Lipinski definition) is 1. The van der Waals surface area contributed by atoms with Gasteiger partial charge in [-0.2, -0.15) is 0 Å². The van der Waals surface area contributed by atoms with Crippen LogP contribution in [0.25, 0.3) is 11.3 Å². The first-order valence-corrected chi connectivity index (χ1v) is 7.15. The van der Waals surface area contributed by atoms with E-state index in [1.165, 1.54) is 0 Å². The number of hydrogen-bond acceptors (Lipinski definition) is 2. The molecule has 0 bridgehead atoms. The van der Waals surface area contributed by atoms with E-state index in [0.29, 0.717) is 0 Å². The standard InChI is InChI=1S/C14H13IN2O2/c1-17-7-16-12(13(17)15)9-4-2-8(3-5-9)10-6-11(10)14(18)19/h2-5,7,10-11H,6H2,1H3,(H,18,19)/t10-,11+/m1/s1. The van der Waals surface area contributed by atoms with E-state index in [0.717, 1.165) is 26.9 Å². The van der Waals surface area contributed by atoms with Gasteiger partial charge in [-0.3, -0.25) is 4.79 Å². The van der Waals surface area contributed by atoms with Crippen LogP contribution in [0.3, 0.4) is 0 Å². The van der Waals surface area contributed by atoms with E-state index in [4.69, 9.17) is 5.11 Å². The van der Waals surface area contributed by atoms with Crippen LogP contribution < -0.4 is 0 Å². The number of carbonyl (C=O) groups is 1. The van der Waals surface area contributed by atoms with Crippen LogP contribution in [0.5, 0.6) is 0 Å². The normalized spacial score (nSPS) is 21.4. The summed E-state index contributed by atoms with van der Waals surface area (Å²) in [4.78, 5) is 15.2. The van der Waals surface area contributed by atoms with E-state index >= 15 is 0 Å². The summed E-state index contributed by atoms with van der Waals surface area (Å²) >= 11 is 2.27. The van der Waals surface area contributed by atoms with Crippen molar-refractivity contribution >= 4 is 28.6 Å². The Balaban J connectivity index is 1.84. The van der Waals surface area contributed by atoms with Gasteiger partial charge in [0, 0.05) is 12.6 Å². The predicted molar refractivity (Wildman–Crippen MR) is 79.8 cm³/mol. The zero-order valence-corrected chi connectivity index (χ0v) is 12.5. The molecule has 1 N–H and O–H groups in total. The molecule has 5 heteroatoms. The molecular weight excluding hydrogens is 355 g/mol. The van der Waals surface area contributed by atoms with E-state index in [9.17, 15) is 4.79 Å². The summed E-state index contributed by atoms with van der Waals surface area (Å²) in [6, 6.07) is 8.09. The van der Waals surface area contributed by atoms with Gasteiger partial charge in [-0.1, -0.05) is 24.3 Å². The van der Waals surface area contributed by atoms with E-state index in [1.807, 2.05) is 35.9 Å². The molecule has 19 heavy (non-hydrogen) atoms. The maximum absolute atomic E-state index is 10.9. The van der Waals surface area contributed by atoms with Crippen LogP contribution in [0.1, 0.15) is 17.9 Å². The molecule has 0 spiro atoms. The number of nitrogens with zero attached hydrogens (tertiary/aromatic N) is 2. The van der Waals surface area contributed by atoms with Crippen LogP contribution in [0, 0.1) is 9.62 Å². The lowest BCUT2D eigenvalue weighted by Crippen LogP contribution is -1.98. The summed E-state index contributed by atoms with van der Waals surface area (Å²) in [5.41, 5.74) is 3.16. The van der Waals surface area contributed by atoms with Gasteiger partial charge in [-0.15, -0.1) is 0 Å². The molecular formula is C14H13IN2O2. The third-order valence-corrected chi connectivity index (χ3v) is 4.86. The molecule has 0 radical (unpaired) electrons. The average molecular weight is 368 g/mol. The summed E-state index contributed by atoms with van der Waals surface area (Å²) in [6.45, 7) is 0. The highest BCUT2D eigenvalue weighted by Gasteiger charge is 2.43. The molecule has 2 aromatic rings. The Morgan fingerprint density at radius 2 is 2.11 bits per heavy atom. The van der Waals surface area contributed by atoms with Crippen LogP contribution >= 0.6 is 22.6 Å². The molecule has 0 amide bonds. The van der Waals surface area contributed by atoms with E-state index in [-0.39, 0.29) is 11.8 Å². The highest BCUT2D eigenvalue weighted by atomic mass is 127. The predicted octanol–water partition coefficient (Wildman–Crippen LogP) is 2.88. The number of carboxylic acid groups (broad SMARTS) is 1. The van der Waals surface area contributed by atoms with E-state index < -0.39 is 5.97 Å². The number of rotatable bonds is 3. The molecule has 1 saturated carbocycles. The van der Waals surface area contributed by atoms with E-state index in [2.05, 4.69) is 27.6 Å². The maximum atomic E-state index is 10.9. The smallest absolute Gasteiger partial charge is 0.307 e. The van der Waals surface area contributed by atoms with Crippen molar-refractivity contribution in [3.8, 4) is 11.3 Å². The fourth-order valence-electron chi connectivity index (χ4n) is 2.33. The Labute approximate surface area is 124 Å². The molecule has 1 aromatic heterocycles. The molecule has 1 aromatic carbocycles. The average Bonchev–Trinajstić information content (AvgIpc) is 3.13. The molecule has 98 valence electrons. The molecule has 3 rings (SSSR count). The summed E-state index contributed by atoms with van der Waals surface area (Å²) in [5.74, 6) is -0.691. The first-order valence-electron chi connectivity index (χ1n) is 6.08. The molecule has 1 aliphatic carbocycles. The molecule has 1 fully saturated rings. The summed E-state index contributed by atoms with van der Waals surface area (Å²) in [5, 5.41) is 8.94. The van der Waals surface area contributed by atoms with Gasteiger partial charge in [-0.25, -0.2) is 4.98 Å². The molecule has 0 saturated heterocycles. The highest BCUT2D eigenvalue weighted by Crippen LogP contribution is 2.47. The summed E-state index contributed by atoms with van der Waals surface area (Å²) in [7, 11) is 1.97. The number of imidazole rings is 1. The van der Waals surface area contributed by atoms with Crippen LogP contribution in [0.4, 0.5) is 0 Å². The van der Waals surface area contributed by atoms with Crippen molar-refractivity contribution in [3.05, 3.63) is 39.9 Å². The zero-order chi connectivity index (χ0) is 13.6. The van der Waals surface area contributed by atoms with Crippen molar-refractivity contribution in [2.24, 2.45) is 13.0 Å². The van der Waals surface area contributed by atoms with Gasteiger partial charge in [0.15, 0.2) is 0 Å². The molecule has 1 aliphatic rings. The number of aryl methyl sites for hydroxylation is 1. The van der Waals surface area contributed by atoms with Gasteiger partial charge in [0.1, 0.15) is 9.39 Å². The molecule has 1 heterocycles. The Bertz CT molecular complexity index is 633. The van der Waals surface area contributed by atoms with Gasteiger partial charge in [-0.05, 0) is 40.5 Å². The van der Waals surface area contributed by atoms with Crippen molar-refractivity contribution in [2.75, 3.05) is 0 Å². The number of benzene rings is 1. The van der Waals surface area contributed by atoms with Gasteiger partial charge in [0.05, 0.1) is 12.2 Å². The molecule has 2 atom stereocenters. The van der Waals surface area contributed by atoms with Crippen molar-refractivity contribution < 1.29 is 9.90 Å². The largest absolute Gasteiger partial charge is 0.481 e. The number of aromatic nitrogens is 2. The lowest BCUT2D eigenvalue weighted by Gasteiger charge is -2.02. The van der Waals surface area contributed by atoms with E-state index in [1.54, 1.807) is 6.33 Å². The van der Waals surface area contributed by atoms with Gasteiger partial charge in [0.2, 0.25) is 0 Å². The second-order valence-corrected chi connectivity index (χ2v) is 5.93. The van der Waals surface area contributed by atoms with Crippen molar-refractivity contribution in [1.29, 1.82) is 0 Å². The monoisotopic (exact) mass is 368 g/mol. The first kappa shape index (κ1) is 12.7. The molecule has 4 nitrogen and oxygen atoms in total. The SMILES string of the molecule is Cn1cnc(-c2ccc([C@H]3C[C@@H]3C(=O)O)cc2)c1I. The summed E-state index contributed by atoms with van der Waals surface area (Å²) in [6.07, 6.45) is 2.56. The lowest BCUT2D eigenvalue weighted by molar-refractivity contribution is -0.138. The zero-order valence-electron chi connectivity index (χ0n) is 10.4. The summed E-state index contributed by atoms with van der Waals surface area (Å²) < 4.78 is 3.07. The number of aliphatic carboxylic acids is 1.